The van der Waals surface area contributed by atoms with E-state index in [4.69, 9.17) is 0 Å². The predicted molar refractivity (Wildman–Crippen MR) is 76.0 cm³/mol. The quantitative estimate of drug-likeness (QED) is 0.732. The number of carbonyl (C=O) groups is 1. The molecular weight excluding hydrogens is 284 g/mol. The Morgan fingerprint density at radius 2 is 2.18 bits per heavy atom. The van der Waals surface area contributed by atoms with Crippen molar-refractivity contribution >= 4 is 5.91 Å². The fraction of sp³-hybridized carbons (Fsp3) is 0.231. The summed E-state index contributed by atoms with van der Waals surface area (Å²) in [5.41, 5.74) is 1.41. The van der Waals surface area contributed by atoms with Crippen LogP contribution < -0.4 is 0 Å². The van der Waals surface area contributed by atoms with Gasteiger partial charge in [0.2, 0.25) is 0 Å². The summed E-state index contributed by atoms with van der Waals surface area (Å²) in [6.45, 7) is 3.02. The minimum Gasteiger partial charge on any atom is -0.333 e. The van der Waals surface area contributed by atoms with Crippen LogP contribution in [0, 0.1) is 0 Å². The van der Waals surface area contributed by atoms with E-state index in [-0.39, 0.29) is 5.91 Å². The number of nitrogens with one attached hydrogen (secondary N) is 1. The molecule has 0 unspecified atom stereocenters. The number of rotatable bonds is 5. The molecule has 3 heterocycles. The summed E-state index contributed by atoms with van der Waals surface area (Å²) in [4.78, 5) is 18.2. The first-order chi connectivity index (χ1) is 10.8. The van der Waals surface area contributed by atoms with Crippen LogP contribution in [0.15, 0.2) is 36.9 Å². The van der Waals surface area contributed by atoms with Crippen molar-refractivity contribution in [2.45, 2.75) is 13.5 Å². The lowest BCUT2D eigenvalue weighted by Gasteiger charge is -2.19. The van der Waals surface area contributed by atoms with Gasteiger partial charge in [0.25, 0.3) is 5.91 Å². The Kier molecular flexibility index (Phi) is 3.86. The van der Waals surface area contributed by atoms with Gasteiger partial charge in [-0.15, -0.1) is 5.10 Å². The first-order valence-electron chi connectivity index (χ1n) is 6.75. The van der Waals surface area contributed by atoms with Gasteiger partial charge in [-0.1, -0.05) is 0 Å². The minimum absolute atomic E-state index is 0.133. The van der Waals surface area contributed by atoms with Crippen LogP contribution in [0.1, 0.15) is 23.0 Å². The third-order valence-corrected chi connectivity index (χ3v) is 3.17. The van der Waals surface area contributed by atoms with Crippen LogP contribution in [0.2, 0.25) is 0 Å². The molecular formula is C13H14N8O. The summed E-state index contributed by atoms with van der Waals surface area (Å²) in [6.07, 6.45) is 4.83. The molecule has 0 saturated carbocycles. The highest BCUT2D eigenvalue weighted by Crippen LogP contribution is 2.10. The maximum atomic E-state index is 12.5. The zero-order valence-electron chi connectivity index (χ0n) is 11.9. The Hall–Kier alpha value is -3.10. The smallest absolute Gasteiger partial charge is 0.272 e. The molecule has 0 spiro atoms. The molecule has 112 valence electrons. The normalized spacial score (nSPS) is 10.6. The Bertz CT molecular complexity index is 737. The highest BCUT2D eigenvalue weighted by molar-refractivity contribution is 5.92. The molecule has 0 bridgehead atoms. The molecule has 3 aromatic rings. The van der Waals surface area contributed by atoms with Crippen molar-refractivity contribution in [3.63, 3.8) is 0 Å². The van der Waals surface area contributed by atoms with Crippen molar-refractivity contribution in [2.24, 2.45) is 0 Å². The second kappa shape index (κ2) is 6.12. The molecule has 1 amide bonds. The highest BCUT2D eigenvalue weighted by Gasteiger charge is 2.18. The first kappa shape index (κ1) is 13.9. The number of aromatic nitrogens is 7. The summed E-state index contributed by atoms with van der Waals surface area (Å²) in [7, 11) is 0. The molecule has 0 radical (unpaired) electrons. The van der Waals surface area contributed by atoms with Gasteiger partial charge in [0, 0.05) is 31.5 Å². The second-order valence-corrected chi connectivity index (χ2v) is 4.57. The van der Waals surface area contributed by atoms with E-state index in [1.54, 1.807) is 23.4 Å². The Balaban J connectivity index is 1.77. The molecule has 1 N–H and O–H groups in total. The number of amides is 1. The number of aromatic amines is 1. The van der Waals surface area contributed by atoms with Gasteiger partial charge in [0.15, 0.2) is 5.82 Å². The van der Waals surface area contributed by atoms with Gasteiger partial charge in [-0.2, -0.15) is 9.78 Å². The number of tetrazole rings is 1. The molecule has 3 aromatic heterocycles. The van der Waals surface area contributed by atoms with Gasteiger partial charge in [-0.3, -0.25) is 14.9 Å². The van der Waals surface area contributed by atoms with Gasteiger partial charge < -0.3 is 4.90 Å². The molecule has 0 aliphatic rings. The van der Waals surface area contributed by atoms with Crippen LogP contribution in [0.3, 0.4) is 0 Å². The van der Waals surface area contributed by atoms with E-state index in [9.17, 15) is 4.79 Å². The number of hydrogen-bond acceptors (Lipinski definition) is 6. The van der Waals surface area contributed by atoms with Crippen LogP contribution in [0.5, 0.6) is 0 Å². The summed E-state index contributed by atoms with van der Waals surface area (Å²) < 4.78 is 1.38. The molecule has 0 aromatic carbocycles. The van der Waals surface area contributed by atoms with Crippen molar-refractivity contribution in [3.05, 3.63) is 48.2 Å². The molecule has 9 heteroatoms. The predicted octanol–water partition coefficient (Wildman–Crippen LogP) is 0.443. The maximum absolute atomic E-state index is 12.5. The largest absolute Gasteiger partial charge is 0.333 e. The lowest BCUT2D eigenvalue weighted by Crippen LogP contribution is -2.30. The summed E-state index contributed by atoms with van der Waals surface area (Å²) in [6, 6.07) is 5.39. The van der Waals surface area contributed by atoms with Gasteiger partial charge in [0.05, 0.1) is 0 Å². The molecule has 22 heavy (non-hydrogen) atoms. The molecule has 9 nitrogen and oxygen atoms in total. The topological polar surface area (TPSA) is 105 Å². The average Bonchev–Trinajstić information content (AvgIpc) is 3.23. The number of H-pyrrole nitrogens is 1. The maximum Gasteiger partial charge on any atom is 0.272 e. The SMILES string of the molecule is CCN(Cc1ccncc1)C(=O)c1cc(-n2cnnn2)n[nH]1. The van der Waals surface area contributed by atoms with Crippen LogP contribution in [-0.2, 0) is 6.54 Å². The average molecular weight is 298 g/mol. The van der Waals surface area contributed by atoms with Gasteiger partial charge in [0.1, 0.15) is 12.0 Å². The van der Waals surface area contributed by atoms with Gasteiger partial charge >= 0.3 is 0 Å². The van der Waals surface area contributed by atoms with Crippen molar-refractivity contribution in [1.29, 1.82) is 0 Å². The van der Waals surface area contributed by atoms with Crippen molar-refractivity contribution in [2.75, 3.05) is 6.54 Å². The Morgan fingerprint density at radius 1 is 1.36 bits per heavy atom. The van der Waals surface area contributed by atoms with Crippen LogP contribution in [-0.4, -0.2) is 52.7 Å². The Labute approximate surface area is 126 Å². The van der Waals surface area contributed by atoms with E-state index in [2.05, 4.69) is 30.7 Å². The highest BCUT2D eigenvalue weighted by atomic mass is 16.2. The molecule has 0 saturated heterocycles. The van der Waals surface area contributed by atoms with E-state index < -0.39 is 0 Å². The van der Waals surface area contributed by atoms with Crippen LogP contribution in [0.25, 0.3) is 5.82 Å². The zero-order valence-corrected chi connectivity index (χ0v) is 11.9. The standard InChI is InChI=1S/C13H14N8O/c1-2-20(8-10-3-5-14-6-4-10)13(22)11-7-12(17-16-11)21-9-15-18-19-21/h3-7,9H,2,8H2,1H3,(H,16,17). The molecule has 0 aliphatic heterocycles. The van der Waals surface area contributed by atoms with Crippen molar-refractivity contribution in [1.82, 2.24) is 40.3 Å². The molecule has 0 atom stereocenters. The number of nitrogens with zero attached hydrogens (tertiary/aromatic N) is 7. The monoisotopic (exact) mass is 298 g/mol. The number of pyridine rings is 1. The number of hydrogen-bond donors (Lipinski definition) is 1. The van der Waals surface area contributed by atoms with E-state index >= 15 is 0 Å². The fourth-order valence-electron chi connectivity index (χ4n) is 2.01. The van der Waals surface area contributed by atoms with E-state index in [0.29, 0.717) is 24.6 Å². The molecule has 0 aliphatic carbocycles. The van der Waals surface area contributed by atoms with Crippen LogP contribution in [0.4, 0.5) is 0 Å². The van der Waals surface area contributed by atoms with Crippen molar-refractivity contribution < 1.29 is 4.79 Å². The summed E-state index contributed by atoms with van der Waals surface area (Å²) in [5.74, 6) is 0.333. The lowest BCUT2D eigenvalue weighted by atomic mass is 10.2. The van der Waals surface area contributed by atoms with Gasteiger partial charge in [-0.25, -0.2) is 0 Å². The van der Waals surface area contributed by atoms with E-state index in [0.717, 1.165) is 5.56 Å². The fourth-order valence-corrected chi connectivity index (χ4v) is 2.01. The third kappa shape index (κ3) is 2.82. The first-order valence-corrected chi connectivity index (χ1v) is 6.75. The molecule has 0 fully saturated rings. The van der Waals surface area contributed by atoms with E-state index in [1.165, 1.54) is 11.0 Å². The Morgan fingerprint density at radius 3 is 2.86 bits per heavy atom. The summed E-state index contributed by atoms with van der Waals surface area (Å²) >= 11 is 0. The minimum atomic E-state index is -0.133. The number of carbonyl (C=O) groups excluding carboxylic acids is 1. The van der Waals surface area contributed by atoms with E-state index in [1.807, 2.05) is 19.1 Å². The van der Waals surface area contributed by atoms with Crippen molar-refractivity contribution in [3.8, 4) is 5.82 Å². The second-order valence-electron chi connectivity index (χ2n) is 4.57. The van der Waals surface area contributed by atoms with Gasteiger partial charge in [-0.05, 0) is 35.0 Å². The lowest BCUT2D eigenvalue weighted by molar-refractivity contribution is 0.0746. The third-order valence-electron chi connectivity index (χ3n) is 3.17. The molecule has 3 rings (SSSR count). The summed E-state index contributed by atoms with van der Waals surface area (Å²) in [5, 5.41) is 17.6. The van der Waals surface area contributed by atoms with Crippen LogP contribution >= 0.6 is 0 Å². The zero-order chi connectivity index (χ0) is 15.4.